The van der Waals surface area contributed by atoms with Gasteiger partial charge in [0.15, 0.2) is 11.6 Å². The monoisotopic (exact) mass is 804 g/mol. The molecule has 2 atom stereocenters. The average Bonchev–Trinajstić information content (AvgIpc) is 3.14. The summed E-state index contributed by atoms with van der Waals surface area (Å²) in [6, 6.07) is 16.7. The van der Waals surface area contributed by atoms with Crippen LogP contribution < -0.4 is 29.6 Å². The second kappa shape index (κ2) is 20.7. The number of carbonyl (C=O) groups is 4. The maximum Gasteiger partial charge on any atom is 0.258 e. The van der Waals surface area contributed by atoms with E-state index in [0.29, 0.717) is 71.9 Å². The molecule has 14 nitrogen and oxygen atoms in total. The Balaban J connectivity index is 1.49. The van der Waals surface area contributed by atoms with Gasteiger partial charge in [0, 0.05) is 17.7 Å². The number of nitrogens with zero attached hydrogens (tertiary/aromatic N) is 4. The first-order valence-electron chi connectivity index (χ1n) is 17.7. The minimum absolute atomic E-state index is 0.173. The molecule has 16 heteroatoms. The molecule has 0 heterocycles. The molecule has 0 aliphatic carbocycles. The highest BCUT2D eigenvalue weighted by molar-refractivity contribution is 6.34. The van der Waals surface area contributed by atoms with Crippen LogP contribution in [0.1, 0.15) is 41.5 Å². The third-order valence-corrected chi connectivity index (χ3v) is 8.30. The second-order valence-electron chi connectivity index (χ2n) is 11.8. The number of nitrogens with one attached hydrogen (secondary N) is 2. The molecule has 2 N–H and O–H groups in total. The van der Waals surface area contributed by atoms with E-state index in [1.807, 2.05) is 20.8 Å². The van der Waals surface area contributed by atoms with Crippen LogP contribution in [0.4, 0.5) is 22.7 Å². The molecule has 0 aromatic heterocycles. The van der Waals surface area contributed by atoms with E-state index in [-0.39, 0.29) is 21.4 Å². The van der Waals surface area contributed by atoms with Crippen molar-refractivity contribution < 1.29 is 38.1 Å². The summed E-state index contributed by atoms with van der Waals surface area (Å²) < 4.78 is 22.3. The summed E-state index contributed by atoms with van der Waals surface area (Å²) in [4.78, 5) is 51.3. The van der Waals surface area contributed by atoms with Gasteiger partial charge >= 0.3 is 0 Å². The molecule has 294 valence electrons. The quantitative estimate of drug-likeness (QED) is 0.0695. The van der Waals surface area contributed by atoms with Crippen molar-refractivity contribution >= 4 is 69.3 Å². The van der Waals surface area contributed by atoms with Crippen molar-refractivity contribution in [2.45, 2.75) is 53.6 Å². The third-order valence-electron chi connectivity index (χ3n) is 7.69. The maximum atomic E-state index is 13.2. The van der Waals surface area contributed by atoms with Gasteiger partial charge in [0.05, 0.1) is 53.5 Å². The summed E-state index contributed by atoms with van der Waals surface area (Å²) in [5, 5.41) is 22.1. The van der Waals surface area contributed by atoms with Crippen molar-refractivity contribution in [3.05, 3.63) is 82.8 Å². The first-order chi connectivity index (χ1) is 26.9. The first-order valence-corrected chi connectivity index (χ1v) is 18.5. The van der Waals surface area contributed by atoms with Crippen LogP contribution in [0.5, 0.6) is 23.0 Å². The normalized spacial score (nSPS) is 12.2. The molecule has 0 spiro atoms. The lowest BCUT2D eigenvalue weighted by molar-refractivity contribution is -0.127. The third kappa shape index (κ3) is 11.6. The van der Waals surface area contributed by atoms with Gasteiger partial charge in [0.25, 0.3) is 11.8 Å². The van der Waals surface area contributed by atoms with Crippen molar-refractivity contribution in [1.29, 1.82) is 0 Å². The molecule has 0 radical (unpaired) electrons. The summed E-state index contributed by atoms with van der Waals surface area (Å²) in [6.45, 7) is 11.3. The van der Waals surface area contributed by atoms with Crippen LogP contribution >= 0.6 is 23.2 Å². The maximum absolute atomic E-state index is 13.2. The Labute approximate surface area is 334 Å². The van der Waals surface area contributed by atoms with Gasteiger partial charge in [-0.15, -0.1) is 0 Å². The lowest BCUT2D eigenvalue weighted by Crippen LogP contribution is -2.32. The van der Waals surface area contributed by atoms with E-state index < -0.39 is 35.5 Å². The summed E-state index contributed by atoms with van der Waals surface area (Å²) in [7, 11) is 0. The summed E-state index contributed by atoms with van der Waals surface area (Å²) in [5.74, 6) is -0.660. The van der Waals surface area contributed by atoms with E-state index in [0.717, 1.165) is 0 Å². The van der Waals surface area contributed by atoms with Gasteiger partial charge in [-0.05, 0) is 95.6 Å². The zero-order valence-corrected chi connectivity index (χ0v) is 33.2. The van der Waals surface area contributed by atoms with Crippen LogP contribution in [-0.4, -0.2) is 61.9 Å². The van der Waals surface area contributed by atoms with E-state index in [9.17, 15) is 19.2 Å². The molecular formula is C40H42Cl2N6O8. The Hall–Kier alpha value is -5.86. The Morgan fingerprint density at radius 2 is 1.09 bits per heavy atom. The number of Topliss-reactive ketones (excluding diaryl/α,β-unsaturated/α-hetero) is 2. The summed E-state index contributed by atoms with van der Waals surface area (Å²) in [5.41, 5.74) is 2.32. The van der Waals surface area contributed by atoms with Crippen molar-refractivity contribution in [2.24, 2.45) is 20.5 Å². The molecule has 56 heavy (non-hydrogen) atoms. The van der Waals surface area contributed by atoms with Crippen LogP contribution in [0.2, 0.25) is 10.0 Å². The fourth-order valence-electron chi connectivity index (χ4n) is 5.13. The molecule has 4 rings (SSSR count). The summed E-state index contributed by atoms with van der Waals surface area (Å²) >= 11 is 13.2. The Kier molecular flexibility index (Phi) is 15.9. The topological polar surface area (TPSA) is 179 Å². The molecular weight excluding hydrogens is 763 g/mol. The fraction of sp³-hybridized carbons (Fsp3) is 0.300. The Bertz CT molecular complexity index is 2130. The number of hydrogen-bond acceptors (Lipinski definition) is 12. The number of benzene rings is 4. The number of anilines is 2. The predicted octanol–water partition coefficient (Wildman–Crippen LogP) is 9.62. The van der Waals surface area contributed by atoms with Crippen molar-refractivity contribution in [3.8, 4) is 34.1 Å². The molecule has 0 bridgehead atoms. The molecule has 0 saturated carbocycles. The Morgan fingerprint density at radius 1 is 0.589 bits per heavy atom. The lowest BCUT2D eigenvalue weighted by Gasteiger charge is -2.15. The number of amides is 2. The number of rotatable bonds is 19. The minimum atomic E-state index is -1.47. The lowest BCUT2D eigenvalue weighted by atomic mass is 10.0. The number of carbonyl (C=O) groups excluding carboxylic acids is 4. The van der Waals surface area contributed by atoms with Gasteiger partial charge in [-0.1, -0.05) is 35.3 Å². The van der Waals surface area contributed by atoms with Crippen LogP contribution in [0.3, 0.4) is 0 Å². The van der Waals surface area contributed by atoms with Crippen LogP contribution in [-0.2, 0) is 19.2 Å². The highest BCUT2D eigenvalue weighted by Gasteiger charge is 2.26. The zero-order valence-electron chi connectivity index (χ0n) is 31.7. The van der Waals surface area contributed by atoms with Gasteiger partial charge in [0.1, 0.15) is 28.7 Å². The van der Waals surface area contributed by atoms with Crippen molar-refractivity contribution in [2.75, 3.05) is 37.1 Å². The number of halogens is 2. The molecule has 0 fully saturated rings. The van der Waals surface area contributed by atoms with Crippen LogP contribution in [0.25, 0.3) is 11.1 Å². The van der Waals surface area contributed by atoms with Crippen molar-refractivity contribution in [3.63, 3.8) is 0 Å². The van der Waals surface area contributed by atoms with E-state index in [4.69, 9.17) is 42.1 Å². The number of hydrogen-bond donors (Lipinski definition) is 2. The molecule has 4 aromatic carbocycles. The summed E-state index contributed by atoms with van der Waals surface area (Å²) in [6.07, 6.45) is 0. The Morgan fingerprint density at radius 3 is 1.54 bits per heavy atom. The molecule has 4 aromatic rings. The van der Waals surface area contributed by atoms with Gasteiger partial charge in [0.2, 0.25) is 12.1 Å². The molecule has 0 aliphatic heterocycles. The van der Waals surface area contributed by atoms with E-state index in [2.05, 4.69) is 31.1 Å². The highest BCUT2D eigenvalue weighted by Crippen LogP contribution is 2.37. The van der Waals surface area contributed by atoms with Gasteiger partial charge in [-0.3, -0.25) is 19.2 Å². The van der Waals surface area contributed by atoms with Gasteiger partial charge in [-0.25, -0.2) is 0 Å². The van der Waals surface area contributed by atoms with Crippen LogP contribution in [0, 0.1) is 0 Å². The fourth-order valence-corrected chi connectivity index (χ4v) is 5.63. The molecule has 0 aliphatic rings. The second-order valence-corrected chi connectivity index (χ2v) is 12.6. The SMILES string of the molecule is CCOc1ccc(OCC)c(NC(=O)C(N=Nc2ccc(-c3ccc(N=NC(C(C)=O)C(=O)Nc4cc(OCC)ccc4OCC)c(Cl)c3)c(Cl)c2)C(C)=O)c1. The van der Waals surface area contributed by atoms with Gasteiger partial charge in [-0.2, -0.15) is 20.5 Å². The molecule has 0 saturated heterocycles. The molecule has 2 unspecified atom stereocenters. The largest absolute Gasteiger partial charge is 0.494 e. The minimum Gasteiger partial charge on any atom is -0.494 e. The number of ether oxygens (including phenoxy) is 4. The average molecular weight is 806 g/mol. The number of azo groups is 2. The van der Waals surface area contributed by atoms with E-state index in [1.54, 1.807) is 73.7 Å². The van der Waals surface area contributed by atoms with E-state index in [1.165, 1.54) is 19.9 Å². The standard InChI is InChI=1S/C40H42Cl2N6O8/c1-7-53-27-13-17-35(55-9-3)33(21-27)43-39(51)37(23(5)49)47-45-26-12-15-29(30(41)20-26)25-11-16-32(31(42)19-25)46-48-38(24(6)50)40(52)44-34-22-28(54-8-2)14-18-36(34)56-10-4/h11-22,37-38H,7-10H2,1-6H3,(H,43,51)(H,44,52). The van der Waals surface area contributed by atoms with Crippen LogP contribution in [0.15, 0.2) is 93.3 Å². The zero-order chi connectivity index (χ0) is 40.8. The van der Waals surface area contributed by atoms with Gasteiger partial charge < -0.3 is 29.6 Å². The van der Waals surface area contributed by atoms with E-state index >= 15 is 0 Å². The number of ketones is 2. The highest BCUT2D eigenvalue weighted by atomic mass is 35.5. The smallest absolute Gasteiger partial charge is 0.258 e. The molecule has 2 amide bonds. The van der Waals surface area contributed by atoms with Crippen molar-refractivity contribution in [1.82, 2.24) is 0 Å². The first kappa shape index (κ1) is 42.9. The predicted molar refractivity (Wildman–Crippen MR) is 215 cm³/mol.